The van der Waals surface area contributed by atoms with Crippen molar-refractivity contribution in [2.45, 2.75) is 50.2 Å². The Morgan fingerprint density at radius 2 is 1.89 bits per heavy atom. The van der Waals surface area contributed by atoms with Gasteiger partial charge in [-0.25, -0.2) is 12.8 Å². The second-order valence-corrected chi connectivity index (χ2v) is 12.4. The zero-order chi connectivity index (χ0) is 25.7. The molecule has 2 aliphatic carbocycles. The van der Waals surface area contributed by atoms with Crippen molar-refractivity contribution in [3.63, 3.8) is 0 Å². The first-order chi connectivity index (χ1) is 16.4. The quantitative estimate of drug-likeness (QED) is 0.580. The molecule has 0 spiro atoms. The van der Waals surface area contributed by atoms with Gasteiger partial charge in [0.15, 0.2) is 9.84 Å². The Bertz CT molecular complexity index is 1270. The van der Waals surface area contributed by atoms with Gasteiger partial charge in [-0.05, 0) is 92.3 Å². The van der Waals surface area contributed by atoms with Crippen LogP contribution in [0.1, 0.15) is 47.7 Å². The first-order valence-corrected chi connectivity index (χ1v) is 13.7. The van der Waals surface area contributed by atoms with Crippen LogP contribution in [0.5, 0.6) is 0 Å². The number of aryl methyl sites for hydroxylation is 1. The van der Waals surface area contributed by atoms with E-state index in [-0.39, 0.29) is 39.1 Å². The first kappa shape index (κ1) is 25.6. The summed E-state index contributed by atoms with van der Waals surface area (Å²) < 4.78 is 41.7. The lowest BCUT2D eigenvalue weighted by Crippen LogP contribution is -2.34. The summed E-state index contributed by atoms with van der Waals surface area (Å²) in [5.74, 6) is -0.955. The summed E-state index contributed by atoms with van der Waals surface area (Å²) in [5.41, 5.74) is 1.62. The second kappa shape index (κ2) is 9.54. The molecule has 0 saturated heterocycles. The number of hydrogen-bond acceptors (Lipinski definition) is 4. The predicted molar refractivity (Wildman–Crippen MR) is 134 cm³/mol. The molecular weight excluding hydrogens is 491 g/mol. The second-order valence-electron chi connectivity index (χ2n) is 9.91. The number of rotatable bonds is 6. The molecule has 4 rings (SSSR count). The van der Waals surface area contributed by atoms with Gasteiger partial charge in [-0.1, -0.05) is 11.6 Å². The Balaban J connectivity index is 1.60. The topological polar surface area (TPSA) is 83.6 Å². The number of fused-ring (bicyclic) bond motifs is 2. The molecule has 0 heterocycles. The summed E-state index contributed by atoms with van der Waals surface area (Å²) in [6, 6.07) is 7.10. The van der Waals surface area contributed by atoms with Gasteiger partial charge in [0, 0.05) is 31.8 Å². The van der Waals surface area contributed by atoms with Crippen molar-refractivity contribution in [2.75, 3.05) is 18.9 Å². The van der Waals surface area contributed by atoms with Crippen LogP contribution in [0.4, 0.5) is 10.1 Å². The third-order valence-electron chi connectivity index (χ3n) is 7.73. The Morgan fingerprint density at radius 3 is 2.54 bits per heavy atom. The van der Waals surface area contributed by atoms with Crippen LogP contribution in [0.2, 0.25) is 5.02 Å². The normalized spacial score (nSPS) is 23.4. The molecule has 2 aromatic rings. The zero-order valence-corrected chi connectivity index (χ0v) is 21.8. The van der Waals surface area contributed by atoms with Crippen molar-refractivity contribution in [1.82, 2.24) is 4.90 Å². The third-order valence-corrected chi connectivity index (χ3v) is 10.6. The van der Waals surface area contributed by atoms with Gasteiger partial charge in [0.2, 0.25) is 5.91 Å². The highest BCUT2D eigenvalue weighted by molar-refractivity contribution is 7.92. The number of nitrogens with zero attached hydrogens (tertiary/aromatic N) is 1. The average molecular weight is 521 g/mol. The lowest BCUT2D eigenvalue weighted by atomic mass is 9.88. The fourth-order valence-corrected chi connectivity index (χ4v) is 8.62. The van der Waals surface area contributed by atoms with E-state index in [4.69, 9.17) is 11.6 Å². The molecule has 0 aliphatic heterocycles. The summed E-state index contributed by atoms with van der Waals surface area (Å²) in [5, 5.41) is 2.14. The molecule has 2 saturated carbocycles. The minimum Gasteiger partial charge on any atom is -0.346 e. The van der Waals surface area contributed by atoms with Gasteiger partial charge in [0.05, 0.1) is 15.2 Å². The highest BCUT2D eigenvalue weighted by Crippen LogP contribution is 2.53. The Hall–Kier alpha value is -2.45. The minimum atomic E-state index is -3.82. The van der Waals surface area contributed by atoms with E-state index < -0.39 is 26.8 Å². The van der Waals surface area contributed by atoms with Crippen LogP contribution < -0.4 is 5.32 Å². The van der Waals surface area contributed by atoms with Crippen molar-refractivity contribution in [1.29, 1.82) is 0 Å². The molecule has 2 fully saturated rings. The molecule has 2 aromatic carbocycles. The van der Waals surface area contributed by atoms with Gasteiger partial charge in [-0.2, -0.15) is 0 Å². The fourth-order valence-electron chi connectivity index (χ4n) is 5.68. The van der Waals surface area contributed by atoms with Gasteiger partial charge < -0.3 is 10.2 Å². The molecule has 0 radical (unpaired) electrons. The SMILES string of the molecule is CC(=O)N(C)C[C@H]1CC2CCC1[C@@H]2S(=O)(=O)c1cc(C(=O)Nc2cc(C)c(C)c(F)c2)ccc1Cl. The Labute approximate surface area is 210 Å². The minimum absolute atomic E-state index is 0.00224. The zero-order valence-electron chi connectivity index (χ0n) is 20.3. The molecule has 1 N–H and O–H groups in total. The summed E-state index contributed by atoms with van der Waals surface area (Å²) >= 11 is 6.35. The molecule has 6 nitrogen and oxygen atoms in total. The molecule has 2 bridgehead atoms. The van der Waals surface area contributed by atoms with Gasteiger partial charge in [0.25, 0.3) is 5.91 Å². The van der Waals surface area contributed by atoms with Gasteiger partial charge in [-0.15, -0.1) is 0 Å². The summed E-state index contributed by atoms with van der Waals surface area (Å²) in [6.45, 7) is 5.44. The van der Waals surface area contributed by atoms with Crippen LogP contribution in [0, 0.1) is 37.4 Å². The molecule has 2 aliphatic rings. The van der Waals surface area contributed by atoms with Crippen LogP contribution >= 0.6 is 11.6 Å². The van der Waals surface area contributed by atoms with E-state index in [1.54, 1.807) is 31.9 Å². The molecule has 35 heavy (non-hydrogen) atoms. The first-order valence-electron chi connectivity index (χ1n) is 11.7. The summed E-state index contributed by atoms with van der Waals surface area (Å²) in [6.07, 6.45) is 2.37. The highest BCUT2D eigenvalue weighted by atomic mass is 35.5. The maximum absolute atomic E-state index is 14.1. The van der Waals surface area contributed by atoms with Crippen LogP contribution in [0.25, 0.3) is 0 Å². The number of nitrogens with one attached hydrogen (secondary N) is 1. The van der Waals surface area contributed by atoms with Crippen molar-refractivity contribution < 1.29 is 22.4 Å². The Kier molecular flexibility index (Phi) is 6.99. The maximum atomic E-state index is 14.1. The number of sulfone groups is 1. The number of benzene rings is 2. The molecular formula is C26H30ClFN2O4S. The number of carbonyl (C=O) groups is 2. The van der Waals surface area contributed by atoms with E-state index in [0.29, 0.717) is 23.4 Å². The lowest BCUT2D eigenvalue weighted by molar-refractivity contribution is -0.128. The predicted octanol–water partition coefficient (Wildman–Crippen LogP) is 5.01. The van der Waals surface area contributed by atoms with Crippen molar-refractivity contribution in [3.05, 3.63) is 57.9 Å². The monoisotopic (exact) mass is 520 g/mol. The third kappa shape index (κ3) is 4.83. The van der Waals surface area contributed by atoms with E-state index in [9.17, 15) is 22.4 Å². The summed E-state index contributed by atoms with van der Waals surface area (Å²) in [7, 11) is -2.08. The van der Waals surface area contributed by atoms with Gasteiger partial charge >= 0.3 is 0 Å². The number of amides is 2. The lowest BCUT2D eigenvalue weighted by Gasteiger charge is -2.27. The van der Waals surface area contributed by atoms with E-state index in [1.165, 1.54) is 31.2 Å². The van der Waals surface area contributed by atoms with E-state index in [0.717, 1.165) is 19.3 Å². The molecule has 0 aromatic heterocycles. The van der Waals surface area contributed by atoms with Gasteiger partial charge in [0.1, 0.15) is 5.82 Å². The number of carbonyl (C=O) groups excluding carboxylic acids is 2. The highest BCUT2D eigenvalue weighted by Gasteiger charge is 2.54. The van der Waals surface area contributed by atoms with E-state index in [1.807, 2.05) is 0 Å². The standard InChI is InChI=1S/C26H30ClFN2O4S/c1-14-9-20(12-23(28)15(14)2)29-26(32)18-6-8-22(27)24(11-18)35(33,34)25-17-5-7-21(25)19(10-17)13-30(4)16(3)31/h6,8-9,11-12,17,19,21,25H,5,7,10,13H2,1-4H3,(H,29,32)/t17?,19-,21?,25-/m1/s1. The maximum Gasteiger partial charge on any atom is 0.255 e. The van der Waals surface area contributed by atoms with Crippen LogP contribution in [0.15, 0.2) is 35.2 Å². The molecule has 2 amide bonds. The fraction of sp³-hybridized carbons (Fsp3) is 0.462. The molecule has 188 valence electrons. The van der Waals surface area contributed by atoms with Crippen molar-refractivity contribution in [2.24, 2.45) is 17.8 Å². The largest absolute Gasteiger partial charge is 0.346 e. The van der Waals surface area contributed by atoms with Crippen LogP contribution in [-0.4, -0.2) is 44.0 Å². The van der Waals surface area contributed by atoms with E-state index >= 15 is 0 Å². The van der Waals surface area contributed by atoms with Crippen molar-refractivity contribution in [3.8, 4) is 0 Å². The number of halogens is 2. The van der Waals surface area contributed by atoms with Crippen LogP contribution in [-0.2, 0) is 14.6 Å². The Morgan fingerprint density at radius 1 is 1.17 bits per heavy atom. The molecule has 9 heteroatoms. The van der Waals surface area contributed by atoms with Crippen LogP contribution in [0.3, 0.4) is 0 Å². The van der Waals surface area contributed by atoms with E-state index in [2.05, 4.69) is 5.32 Å². The van der Waals surface area contributed by atoms with Gasteiger partial charge in [-0.3, -0.25) is 9.59 Å². The number of anilines is 1. The number of hydrogen-bond donors (Lipinski definition) is 1. The van der Waals surface area contributed by atoms with Crippen molar-refractivity contribution >= 4 is 38.9 Å². The smallest absolute Gasteiger partial charge is 0.255 e. The average Bonchev–Trinajstić information content (AvgIpc) is 3.36. The molecule has 4 atom stereocenters. The summed E-state index contributed by atoms with van der Waals surface area (Å²) in [4.78, 5) is 26.2. The molecule has 2 unspecified atom stereocenters.